The first-order chi connectivity index (χ1) is 16.1. The quantitative estimate of drug-likeness (QED) is 0.570. The molecule has 33 heavy (non-hydrogen) atoms. The zero-order valence-corrected chi connectivity index (χ0v) is 19.2. The minimum atomic E-state index is -3.76. The van der Waals surface area contributed by atoms with Crippen molar-refractivity contribution in [3.05, 3.63) is 89.7 Å². The smallest absolute Gasteiger partial charge is 0.264 e. The lowest BCUT2D eigenvalue weighted by Crippen LogP contribution is -2.35. The summed E-state index contributed by atoms with van der Waals surface area (Å²) in [5.41, 5.74) is 3.22. The molecule has 1 unspecified atom stereocenters. The predicted octanol–water partition coefficient (Wildman–Crippen LogP) is 4.59. The summed E-state index contributed by atoms with van der Waals surface area (Å²) < 4.78 is 28.4. The van der Waals surface area contributed by atoms with Crippen LogP contribution in [0.5, 0.6) is 0 Å². The molecule has 3 aromatic rings. The number of benzene rings is 2. The summed E-state index contributed by atoms with van der Waals surface area (Å²) >= 11 is 0. The van der Waals surface area contributed by atoms with Gasteiger partial charge in [0.1, 0.15) is 0 Å². The van der Waals surface area contributed by atoms with Crippen LogP contribution in [0.1, 0.15) is 53.2 Å². The third kappa shape index (κ3) is 4.13. The minimum Gasteiger partial charge on any atom is -0.332 e. The fourth-order valence-electron chi connectivity index (χ4n) is 4.92. The topological polar surface area (TPSA) is 70.6 Å². The number of fused-ring (bicyclic) bond motifs is 1. The van der Waals surface area contributed by atoms with Crippen LogP contribution in [0.15, 0.2) is 78.0 Å². The average molecular weight is 462 g/mol. The first-order valence-corrected chi connectivity index (χ1v) is 12.9. The van der Waals surface area contributed by atoms with Crippen molar-refractivity contribution in [3.63, 3.8) is 0 Å². The molecule has 1 atom stereocenters. The van der Waals surface area contributed by atoms with E-state index in [9.17, 15) is 13.2 Å². The summed E-state index contributed by atoms with van der Waals surface area (Å²) in [5.74, 6) is -0.127. The Morgan fingerprint density at radius 1 is 0.909 bits per heavy atom. The van der Waals surface area contributed by atoms with Crippen molar-refractivity contribution in [2.45, 2.75) is 43.0 Å². The van der Waals surface area contributed by atoms with Crippen LogP contribution in [0.25, 0.3) is 0 Å². The second kappa shape index (κ2) is 8.98. The van der Waals surface area contributed by atoms with Crippen LogP contribution < -0.4 is 4.31 Å². The maximum Gasteiger partial charge on any atom is 0.264 e. The number of anilines is 1. The molecule has 7 heteroatoms. The summed E-state index contributed by atoms with van der Waals surface area (Å²) in [4.78, 5) is 19.8. The van der Waals surface area contributed by atoms with Crippen molar-refractivity contribution in [2.24, 2.45) is 0 Å². The monoisotopic (exact) mass is 461 g/mol. The second-order valence-electron chi connectivity index (χ2n) is 8.63. The van der Waals surface area contributed by atoms with Gasteiger partial charge in [-0.25, -0.2) is 8.42 Å². The highest BCUT2D eigenvalue weighted by Crippen LogP contribution is 2.34. The molecule has 1 aromatic heterocycles. The van der Waals surface area contributed by atoms with Gasteiger partial charge in [-0.3, -0.25) is 14.1 Å². The molecule has 0 N–H and O–H groups in total. The van der Waals surface area contributed by atoms with Gasteiger partial charge in [-0.05, 0) is 66.8 Å². The summed E-state index contributed by atoms with van der Waals surface area (Å²) in [6.45, 7) is 1.07. The van der Waals surface area contributed by atoms with Gasteiger partial charge in [0, 0.05) is 31.0 Å². The van der Waals surface area contributed by atoms with E-state index in [2.05, 4.69) is 4.98 Å². The van der Waals surface area contributed by atoms with E-state index in [0.717, 1.165) is 42.5 Å². The number of likely N-dealkylation sites (tertiary alicyclic amines) is 1. The standard InChI is InChI=1S/C26H27N3O3S/c30-26(28-17-5-1-2-10-24(28)21-12-15-27-16-13-21)22-8-6-9-23(19-22)33(31,32)29-18-14-20-7-3-4-11-25(20)29/h3-4,6-9,11-13,15-16,19,24H,1-2,5,10,14,17-18H2. The van der Waals surface area contributed by atoms with E-state index in [1.165, 1.54) is 10.4 Å². The number of rotatable bonds is 4. The molecule has 2 aliphatic rings. The number of sulfonamides is 1. The van der Waals surface area contributed by atoms with E-state index in [1.54, 1.807) is 30.6 Å². The number of nitrogens with zero attached hydrogens (tertiary/aromatic N) is 3. The number of carbonyl (C=O) groups excluding carboxylic acids is 1. The largest absolute Gasteiger partial charge is 0.332 e. The summed E-state index contributed by atoms with van der Waals surface area (Å²) in [6, 6.07) is 18.0. The molecular formula is C26H27N3O3S. The second-order valence-corrected chi connectivity index (χ2v) is 10.5. The average Bonchev–Trinajstić information content (AvgIpc) is 3.15. The highest BCUT2D eigenvalue weighted by Gasteiger charge is 2.32. The third-order valence-corrected chi connectivity index (χ3v) is 8.43. The predicted molar refractivity (Wildman–Crippen MR) is 128 cm³/mol. The molecule has 3 heterocycles. The molecular weight excluding hydrogens is 434 g/mol. The number of carbonyl (C=O) groups is 1. The number of pyridine rings is 1. The maximum atomic E-state index is 13.6. The fraction of sp³-hybridized carbons (Fsp3) is 0.308. The minimum absolute atomic E-state index is 0.0336. The van der Waals surface area contributed by atoms with Gasteiger partial charge >= 0.3 is 0 Å². The normalized spacial score (nSPS) is 18.6. The highest BCUT2D eigenvalue weighted by molar-refractivity contribution is 7.92. The Kier molecular flexibility index (Phi) is 5.89. The van der Waals surface area contributed by atoms with Gasteiger partial charge in [0.05, 0.1) is 16.6 Å². The lowest BCUT2D eigenvalue weighted by Gasteiger charge is -2.30. The van der Waals surface area contributed by atoms with Crippen molar-refractivity contribution >= 4 is 21.6 Å². The summed E-state index contributed by atoms with van der Waals surface area (Å²) in [6.07, 6.45) is 8.16. The fourth-order valence-corrected chi connectivity index (χ4v) is 6.47. The molecule has 0 bridgehead atoms. The van der Waals surface area contributed by atoms with Gasteiger partial charge in [-0.2, -0.15) is 0 Å². The molecule has 0 spiro atoms. The first-order valence-electron chi connectivity index (χ1n) is 11.5. The summed E-state index contributed by atoms with van der Waals surface area (Å²) in [7, 11) is -3.76. The molecule has 1 saturated heterocycles. The number of aromatic nitrogens is 1. The van der Waals surface area contributed by atoms with Crippen LogP contribution >= 0.6 is 0 Å². The Balaban J connectivity index is 1.46. The van der Waals surface area contributed by atoms with E-state index in [4.69, 9.17) is 0 Å². The molecule has 0 saturated carbocycles. The number of amides is 1. The lowest BCUT2D eigenvalue weighted by molar-refractivity contribution is 0.0680. The van der Waals surface area contributed by atoms with E-state index < -0.39 is 10.0 Å². The zero-order chi connectivity index (χ0) is 22.8. The number of hydrogen-bond donors (Lipinski definition) is 0. The molecule has 1 amide bonds. The van der Waals surface area contributed by atoms with Gasteiger partial charge in [0.25, 0.3) is 15.9 Å². The first kappa shape index (κ1) is 21.6. The zero-order valence-electron chi connectivity index (χ0n) is 18.4. The Labute approximate surface area is 194 Å². The highest BCUT2D eigenvalue weighted by atomic mass is 32.2. The Bertz CT molecular complexity index is 1260. The van der Waals surface area contributed by atoms with Crippen LogP contribution in [0.4, 0.5) is 5.69 Å². The van der Waals surface area contributed by atoms with Crippen LogP contribution in [-0.2, 0) is 16.4 Å². The molecule has 2 aromatic carbocycles. The lowest BCUT2D eigenvalue weighted by atomic mass is 10.0. The van der Waals surface area contributed by atoms with Crippen molar-refractivity contribution in [1.29, 1.82) is 0 Å². The van der Waals surface area contributed by atoms with Crippen molar-refractivity contribution in [3.8, 4) is 0 Å². The van der Waals surface area contributed by atoms with E-state index in [-0.39, 0.29) is 16.8 Å². The van der Waals surface area contributed by atoms with Crippen molar-refractivity contribution < 1.29 is 13.2 Å². The maximum absolute atomic E-state index is 13.6. The molecule has 0 radical (unpaired) electrons. The van der Waals surface area contributed by atoms with Crippen LogP contribution in [0.3, 0.4) is 0 Å². The molecule has 5 rings (SSSR count). The SMILES string of the molecule is O=C(c1cccc(S(=O)(=O)N2CCc3ccccc32)c1)N1CCCCCC1c1ccncc1. The van der Waals surface area contributed by atoms with E-state index >= 15 is 0 Å². The molecule has 6 nitrogen and oxygen atoms in total. The van der Waals surface area contributed by atoms with Gasteiger partial charge in [0.15, 0.2) is 0 Å². The number of para-hydroxylation sites is 1. The van der Waals surface area contributed by atoms with Crippen LogP contribution in [-0.4, -0.2) is 37.3 Å². The molecule has 0 aliphatic carbocycles. The van der Waals surface area contributed by atoms with Gasteiger partial charge in [-0.1, -0.05) is 37.1 Å². The molecule has 1 fully saturated rings. The van der Waals surface area contributed by atoms with Crippen LogP contribution in [0, 0.1) is 0 Å². The van der Waals surface area contributed by atoms with Crippen LogP contribution in [0.2, 0.25) is 0 Å². The van der Waals surface area contributed by atoms with Gasteiger partial charge in [0.2, 0.25) is 0 Å². The third-order valence-electron chi connectivity index (χ3n) is 6.62. The number of hydrogen-bond acceptors (Lipinski definition) is 4. The van der Waals surface area contributed by atoms with Gasteiger partial charge in [-0.15, -0.1) is 0 Å². The Morgan fingerprint density at radius 2 is 1.73 bits per heavy atom. The summed E-state index contributed by atoms with van der Waals surface area (Å²) in [5, 5.41) is 0. The molecule has 170 valence electrons. The van der Waals surface area contributed by atoms with E-state index in [1.807, 2.05) is 41.3 Å². The van der Waals surface area contributed by atoms with Gasteiger partial charge < -0.3 is 4.90 Å². The molecule has 2 aliphatic heterocycles. The Morgan fingerprint density at radius 3 is 2.58 bits per heavy atom. The van der Waals surface area contributed by atoms with E-state index in [0.29, 0.717) is 25.1 Å². The van der Waals surface area contributed by atoms with Crippen molar-refractivity contribution in [2.75, 3.05) is 17.4 Å². The van der Waals surface area contributed by atoms with Crippen molar-refractivity contribution in [1.82, 2.24) is 9.88 Å². The Hall–Kier alpha value is -3.19.